The third-order valence-corrected chi connectivity index (χ3v) is 7.33. The maximum absolute atomic E-state index is 11.4. The Hall–Kier alpha value is -0.0400. The van der Waals surface area contributed by atoms with E-state index in [9.17, 15) is 5.11 Å². The fourth-order valence-corrected chi connectivity index (χ4v) is 5.75. The summed E-state index contributed by atoms with van der Waals surface area (Å²) >= 11 is 0. The standard InChI is InChI=1S/C18H32O/c1-3-17(2)11-6-12-18(17,19)16-10-9-14-7-4-5-8-15(14)13-16/h14-16,19H,3-13H2,1-2H3/t14?,15?,16?,17-,18+/m1/s1. The lowest BCUT2D eigenvalue weighted by molar-refractivity contribution is -0.122. The van der Waals surface area contributed by atoms with Crippen LogP contribution in [0.4, 0.5) is 0 Å². The molecule has 0 aliphatic heterocycles. The Morgan fingerprint density at radius 3 is 2.42 bits per heavy atom. The van der Waals surface area contributed by atoms with Gasteiger partial charge in [-0.2, -0.15) is 0 Å². The molecule has 1 nitrogen and oxygen atoms in total. The largest absolute Gasteiger partial charge is 0.389 e. The Bertz CT molecular complexity index is 326. The zero-order valence-corrected chi connectivity index (χ0v) is 13.0. The summed E-state index contributed by atoms with van der Waals surface area (Å²) in [5, 5.41) is 11.4. The molecule has 0 aromatic rings. The van der Waals surface area contributed by atoms with Crippen LogP contribution in [0.2, 0.25) is 0 Å². The van der Waals surface area contributed by atoms with E-state index in [1.165, 1.54) is 57.8 Å². The molecular formula is C18H32O. The van der Waals surface area contributed by atoms with E-state index < -0.39 is 0 Å². The Labute approximate surface area is 119 Å². The van der Waals surface area contributed by atoms with E-state index in [0.717, 1.165) is 24.7 Å². The lowest BCUT2D eigenvalue weighted by Crippen LogP contribution is -2.50. The van der Waals surface area contributed by atoms with Crippen LogP contribution in [-0.4, -0.2) is 10.7 Å². The molecule has 1 heteroatoms. The Kier molecular flexibility index (Phi) is 3.71. The van der Waals surface area contributed by atoms with Crippen molar-refractivity contribution in [3.63, 3.8) is 0 Å². The predicted molar refractivity (Wildman–Crippen MR) is 80.0 cm³/mol. The molecule has 5 atom stereocenters. The average molecular weight is 264 g/mol. The molecule has 3 fully saturated rings. The fraction of sp³-hybridized carbons (Fsp3) is 1.00. The lowest BCUT2D eigenvalue weighted by Gasteiger charge is -2.50. The van der Waals surface area contributed by atoms with E-state index in [-0.39, 0.29) is 11.0 Å². The first kappa shape index (κ1) is 13.9. The minimum Gasteiger partial charge on any atom is -0.389 e. The number of hydrogen-bond donors (Lipinski definition) is 1. The molecule has 0 aromatic carbocycles. The molecule has 3 aliphatic carbocycles. The van der Waals surface area contributed by atoms with Crippen molar-refractivity contribution in [3.8, 4) is 0 Å². The molecule has 3 unspecified atom stereocenters. The SMILES string of the molecule is CC[C@]1(C)CCC[C@]1(O)C1CCC2CCCCC2C1. The second kappa shape index (κ2) is 5.06. The summed E-state index contributed by atoms with van der Waals surface area (Å²) in [5.74, 6) is 2.54. The highest BCUT2D eigenvalue weighted by Gasteiger charge is 2.55. The van der Waals surface area contributed by atoms with Crippen LogP contribution >= 0.6 is 0 Å². The first-order valence-corrected chi connectivity index (χ1v) is 8.81. The van der Waals surface area contributed by atoms with E-state index in [2.05, 4.69) is 13.8 Å². The van der Waals surface area contributed by atoms with Crippen molar-refractivity contribution in [2.24, 2.45) is 23.2 Å². The summed E-state index contributed by atoms with van der Waals surface area (Å²) in [6, 6.07) is 0. The van der Waals surface area contributed by atoms with Crippen molar-refractivity contribution < 1.29 is 5.11 Å². The summed E-state index contributed by atoms with van der Waals surface area (Å²) in [4.78, 5) is 0. The second-order valence-corrected chi connectivity index (χ2v) is 8.01. The quantitative estimate of drug-likeness (QED) is 0.750. The third-order valence-electron chi connectivity index (χ3n) is 7.33. The number of rotatable bonds is 2. The molecule has 0 heterocycles. The van der Waals surface area contributed by atoms with Gasteiger partial charge in [0.05, 0.1) is 5.60 Å². The average Bonchev–Trinajstić information content (AvgIpc) is 2.76. The van der Waals surface area contributed by atoms with Crippen LogP contribution in [0, 0.1) is 23.2 Å². The van der Waals surface area contributed by atoms with E-state index in [0.29, 0.717) is 5.92 Å². The van der Waals surface area contributed by atoms with Gasteiger partial charge in [0.1, 0.15) is 0 Å². The van der Waals surface area contributed by atoms with E-state index in [4.69, 9.17) is 0 Å². The van der Waals surface area contributed by atoms with Crippen molar-refractivity contribution in [3.05, 3.63) is 0 Å². The highest BCUT2D eigenvalue weighted by molar-refractivity contribution is 5.06. The van der Waals surface area contributed by atoms with Crippen LogP contribution in [0.15, 0.2) is 0 Å². The number of aliphatic hydroxyl groups is 1. The van der Waals surface area contributed by atoms with Crippen LogP contribution in [0.5, 0.6) is 0 Å². The molecule has 0 saturated heterocycles. The summed E-state index contributed by atoms with van der Waals surface area (Å²) in [5.41, 5.74) is -0.149. The van der Waals surface area contributed by atoms with Crippen molar-refractivity contribution in [1.82, 2.24) is 0 Å². The zero-order chi connectivity index (χ0) is 13.5. The smallest absolute Gasteiger partial charge is 0.0729 e. The minimum atomic E-state index is -0.343. The molecule has 3 saturated carbocycles. The van der Waals surface area contributed by atoms with Crippen molar-refractivity contribution >= 4 is 0 Å². The van der Waals surface area contributed by atoms with E-state index in [1.54, 1.807) is 0 Å². The molecular weight excluding hydrogens is 232 g/mol. The molecule has 0 amide bonds. The predicted octanol–water partition coefficient (Wildman–Crippen LogP) is 4.92. The van der Waals surface area contributed by atoms with Gasteiger partial charge in [0, 0.05) is 0 Å². The summed E-state index contributed by atoms with van der Waals surface area (Å²) in [6.45, 7) is 4.63. The molecule has 1 N–H and O–H groups in total. The highest BCUT2D eigenvalue weighted by atomic mass is 16.3. The van der Waals surface area contributed by atoms with Crippen molar-refractivity contribution in [2.45, 2.75) is 90.1 Å². The minimum absolute atomic E-state index is 0.194. The normalized spacial score (nSPS) is 51.0. The van der Waals surface area contributed by atoms with Crippen LogP contribution < -0.4 is 0 Å². The molecule has 3 rings (SSSR count). The third kappa shape index (κ3) is 2.17. The maximum Gasteiger partial charge on any atom is 0.0729 e. The number of fused-ring (bicyclic) bond motifs is 1. The Balaban J connectivity index is 1.75. The van der Waals surface area contributed by atoms with E-state index >= 15 is 0 Å². The molecule has 0 spiro atoms. The first-order valence-electron chi connectivity index (χ1n) is 8.81. The topological polar surface area (TPSA) is 20.2 Å². The van der Waals surface area contributed by atoms with Gasteiger partial charge >= 0.3 is 0 Å². The molecule has 110 valence electrons. The van der Waals surface area contributed by atoms with Crippen molar-refractivity contribution in [2.75, 3.05) is 0 Å². The maximum atomic E-state index is 11.4. The second-order valence-electron chi connectivity index (χ2n) is 8.01. The van der Waals surface area contributed by atoms with Crippen molar-refractivity contribution in [1.29, 1.82) is 0 Å². The van der Waals surface area contributed by atoms with Gasteiger partial charge in [-0.05, 0) is 68.1 Å². The molecule has 0 bridgehead atoms. The molecule has 0 aromatic heterocycles. The summed E-state index contributed by atoms with van der Waals surface area (Å²) < 4.78 is 0. The molecule has 0 radical (unpaired) electrons. The Morgan fingerprint density at radius 2 is 1.68 bits per heavy atom. The van der Waals surface area contributed by atoms with Crippen LogP contribution in [-0.2, 0) is 0 Å². The van der Waals surface area contributed by atoms with Crippen LogP contribution in [0.1, 0.15) is 84.5 Å². The zero-order valence-electron chi connectivity index (χ0n) is 13.0. The summed E-state index contributed by atoms with van der Waals surface area (Å²) in [7, 11) is 0. The van der Waals surface area contributed by atoms with Gasteiger partial charge in [-0.1, -0.05) is 39.5 Å². The first-order chi connectivity index (χ1) is 9.09. The molecule has 19 heavy (non-hydrogen) atoms. The van der Waals surface area contributed by atoms with Crippen LogP contribution in [0.3, 0.4) is 0 Å². The van der Waals surface area contributed by atoms with Gasteiger partial charge in [0.25, 0.3) is 0 Å². The molecule has 3 aliphatic rings. The lowest BCUT2D eigenvalue weighted by atomic mass is 9.58. The van der Waals surface area contributed by atoms with Gasteiger partial charge in [0.2, 0.25) is 0 Å². The van der Waals surface area contributed by atoms with E-state index in [1.807, 2.05) is 0 Å². The fourth-order valence-electron chi connectivity index (χ4n) is 5.75. The highest BCUT2D eigenvalue weighted by Crippen LogP contribution is 2.57. The monoisotopic (exact) mass is 264 g/mol. The number of hydrogen-bond acceptors (Lipinski definition) is 1. The Morgan fingerprint density at radius 1 is 0.947 bits per heavy atom. The van der Waals surface area contributed by atoms with Gasteiger partial charge in [-0.15, -0.1) is 0 Å². The van der Waals surface area contributed by atoms with Gasteiger partial charge in [0.15, 0.2) is 0 Å². The van der Waals surface area contributed by atoms with Gasteiger partial charge in [-0.3, -0.25) is 0 Å². The van der Waals surface area contributed by atoms with Gasteiger partial charge < -0.3 is 5.11 Å². The summed E-state index contributed by atoms with van der Waals surface area (Å²) in [6.07, 6.45) is 14.5. The van der Waals surface area contributed by atoms with Crippen LogP contribution in [0.25, 0.3) is 0 Å². The van der Waals surface area contributed by atoms with Gasteiger partial charge in [-0.25, -0.2) is 0 Å².